The van der Waals surface area contributed by atoms with Gasteiger partial charge in [0.25, 0.3) is 0 Å². The number of amides is 1. The van der Waals surface area contributed by atoms with Gasteiger partial charge in [0.2, 0.25) is 0 Å². The first-order valence-electron chi connectivity index (χ1n) is 8.57. The first-order chi connectivity index (χ1) is 11.0. The van der Waals surface area contributed by atoms with E-state index in [0.29, 0.717) is 10.2 Å². The Morgan fingerprint density at radius 1 is 1.24 bits per heavy atom. The molecule has 1 heterocycles. The van der Waals surface area contributed by atoms with Crippen molar-refractivity contribution in [3.8, 4) is 0 Å². The molecule has 0 aliphatic carbocycles. The van der Waals surface area contributed by atoms with Crippen molar-refractivity contribution in [2.24, 2.45) is 5.92 Å². The van der Waals surface area contributed by atoms with Crippen LogP contribution in [-0.4, -0.2) is 52.0 Å². The molecule has 0 spiro atoms. The molecule has 148 valence electrons. The maximum absolute atomic E-state index is 12.1. The Morgan fingerprint density at radius 3 is 2.20 bits per heavy atom. The van der Waals surface area contributed by atoms with E-state index in [1.807, 2.05) is 0 Å². The molecule has 9 heteroatoms. The van der Waals surface area contributed by atoms with Crippen LogP contribution in [0.25, 0.3) is 0 Å². The average molecular weight is 396 g/mol. The van der Waals surface area contributed by atoms with Gasteiger partial charge in [-0.1, -0.05) is 27.7 Å². The van der Waals surface area contributed by atoms with Crippen LogP contribution in [0.5, 0.6) is 0 Å². The first-order valence-corrected chi connectivity index (χ1v) is 12.8. The van der Waals surface area contributed by atoms with Gasteiger partial charge in [-0.15, -0.1) is 0 Å². The molecule has 0 N–H and O–H groups in total. The number of carbonyl (C=O) groups excluding carboxylic acids is 1. The third-order valence-electron chi connectivity index (χ3n) is 5.12. The summed E-state index contributed by atoms with van der Waals surface area (Å²) < 4.78 is 41.1. The van der Waals surface area contributed by atoms with E-state index >= 15 is 0 Å². The zero-order valence-electron chi connectivity index (χ0n) is 16.9. The van der Waals surface area contributed by atoms with E-state index in [1.54, 1.807) is 20.8 Å². The van der Waals surface area contributed by atoms with Gasteiger partial charge in [-0.3, -0.25) is 0 Å². The molecule has 1 amide bonds. The summed E-state index contributed by atoms with van der Waals surface area (Å²) in [5, 5.41) is 0.00926. The summed E-state index contributed by atoms with van der Waals surface area (Å²) in [6, 6.07) is 0. The first kappa shape index (κ1) is 22.4. The number of nitrogens with zero attached hydrogens (tertiary/aromatic N) is 1. The fourth-order valence-electron chi connectivity index (χ4n) is 2.27. The molecular weight excluding hydrogens is 362 g/mol. The highest BCUT2D eigenvalue weighted by molar-refractivity contribution is 7.85. The number of hydrogen-bond acceptors (Lipinski definition) is 6. The average Bonchev–Trinajstić information content (AvgIpc) is 2.69. The van der Waals surface area contributed by atoms with Gasteiger partial charge in [0, 0.05) is 0 Å². The summed E-state index contributed by atoms with van der Waals surface area (Å²) in [5.74, 6) is 0.431. The lowest BCUT2D eigenvalue weighted by atomic mass is 9.99. The molecule has 1 atom stereocenters. The molecule has 0 aromatic heterocycles. The lowest BCUT2D eigenvalue weighted by Gasteiger charge is -2.42. The van der Waals surface area contributed by atoms with Crippen molar-refractivity contribution < 1.29 is 26.6 Å². The summed E-state index contributed by atoms with van der Waals surface area (Å²) in [6.45, 7) is 17.9. The predicted octanol–water partition coefficient (Wildman–Crippen LogP) is 3.53. The van der Waals surface area contributed by atoms with E-state index in [-0.39, 0.29) is 18.2 Å². The molecule has 1 saturated heterocycles. The van der Waals surface area contributed by atoms with Gasteiger partial charge >= 0.3 is 16.4 Å². The van der Waals surface area contributed by atoms with Gasteiger partial charge in [0.15, 0.2) is 8.32 Å². The minimum atomic E-state index is -4.13. The highest BCUT2D eigenvalue weighted by Crippen LogP contribution is 2.44. The molecular formula is C16H33NO6SSi. The third kappa shape index (κ3) is 5.41. The SMILES string of the molecule is CC(C)C(C)(C)[Si](C)(C)OCC1CN(C(=O)OC(C)(C)C)S(=O)(=O)O1. The Kier molecular flexibility index (Phi) is 6.42. The van der Waals surface area contributed by atoms with Crippen LogP contribution in [-0.2, 0) is 23.7 Å². The van der Waals surface area contributed by atoms with Crippen LogP contribution < -0.4 is 0 Å². The highest BCUT2D eigenvalue weighted by Gasteiger charge is 2.46. The van der Waals surface area contributed by atoms with Crippen molar-refractivity contribution in [1.29, 1.82) is 0 Å². The van der Waals surface area contributed by atoms with E-state index in [9.17, 15) is 13.2 Å². The lowest BCUT2D eigenvalue weighted by Crippen LogP contribution is -2.47. The second-order valence-corrected chi connectivity index (χ2v) is 15.0. The monoisotopic (exact) mass is 395 g/mol. The summed E-state index contributed by atoms with van der Waals surface area (Å²) in [4.78, 5) is 12.1. The summed E-state index contributed by atoms with van der Waals surface area (Å²) >= 11 is 0. The summed E-state index contributed by atoms with van der Waals surface area (Å²) in [6.07, 6.45) is -1.64. The zero-order valence-corrected chi connectivity index (χ0v) is 18.7. The molecule has 1 aliphatic heterocycles. The Bertz CT molecular complexity index is 594. The van der Waals surface area contributed by atoms with Crippen LogP contribution in [0.3, 0.4) is 0 Å². The molecule has 0 aromatic rings. The predicted molar refractivity (Wildman–Crippen MR) is 99.0 cm³/mol. The van der Waals surface area contributed by atoms with Crippen LogP contribution in [0, 0.1) is 5.92 Å². The molecule has 0 radical (unpaired) electrons. The van der Waals surface area contributed by atoms with Crippen molar-refractivity contribution >= 4 is 24.7 Å². The number of hydrogen-bond donors (Lipinski definition) is 0. The van der Waals surface area contributed by atoms with Crippen molar-refractivity contribution in [2.45, 2.75) is 78.3 Å². The lowest BCUT2D eigenvalue weighted by molar-refractivity contribution is 0.0390. The molecule has 7 nitrogen and oxygen atoms in total. The Morgan fingerprint density at radius 2 is 1.76 bits per heavy atom. The van der Waals surface area contributed by atoms with Crippen LogP contribution in [0.2, 0.25) is 18.1 Å². The van der Waals surface area contributed by atoms with Gasteiger partial charge in [-0.25, -0.2) is 8.98 Å². The van der Waals surface area contributed by atoms with Gasteiger partial charge in [-0.2, -0.15) is 12.7 Å². The largest absolute Gasteiger partial charge is 0.443 e. The second kappa shape index (κ2) is 7.17. The maximum atomic E-state index is 12.1. The van der Waals surface area contributed by atoms with Crippen LogP contribution >= 0.6 is 0 Å². The quantitative estimate of drug-likeness (QED) is 0.662. The van der Waals surface area contributed by atoms with E-state index in [0.717, 1.165) is 0 Å². The van der Waals surface area contributed by atoms with Crippen molar-refractivity contribution in [1.82, 2.24) is 4.31 Å². The van der Waals surface area contributed by atoms with E-state index in [2.05, 4.69) is 40.8 Å². The van der Waals surface area contributed by atoms with Gasteiger partial charge in [0.05, 0.1) is 13.2 Å². The van der Waals surface area contributed by atoms with Crippen molar-refractivity contribution in [2.75, 3.05) is 13.2 Å². The van der Waals surface area contributed by atoms with Gasteiger partial charge in [0.1, 0.15) is 11.7 Å². The fraction of sp³-hybridized carbons (Fsp3) is 0.938. The summed E-state index contributed by atoms with van der Waals surface area (Å²) in [7, 11) is -6.24. The molecule has 1 aliphatic rings. The normalized spacial score (nSPS) is 21.7. The van der Waals surface area contributed by atoms with Crippen LogP contribution in [0.1, 0.15) is 48.5 Å². The van der Waals surface area contributed by atoms with Crippen molar-refractivity contribution in [3.63, 3.8) is 0 Å². The van der Waals surface area contributed by atoms with Crippen LogP contribution in [0.4, 0.5) is 4.79 Å². The zero-order chi connectivity index (χ0) is 19.8. The molecule has 1 fully saturated rings. The van der Waals surface area contributed by atoms with E-state index in [1.165, 1.54) is 0 Å². The maximum Gasteiger partial charge on any atom is 0.425 e. The number of ether oxygens (including phenoxy) is 1. The Hall–Kier alpha value is -0.643. The topological polar surface area (TPSA) is 82.1 Å². The fourth-order valence-corrected chi connectivity index (χ4v) is 5.77. The molecule has 0 aromatic carbocycles. The molecule has 0 saturated carbocycles. The smallest absolute Gasteiger partial charge is 0.425 e. The third-order valence-corrected chi connectivity index (χ3v) is 11.0. The molecule has 1 rings (SSSR count). The second-order valence-electron chi connectivity index (χ2n) is 8.89. The molecule has 25 heavy (non-hydrogen) atoms. The van der Waals surface area contributed by atoms with E-state index in [4.69, 9.17) is 13.3 Å². The van der Waals surface area contributed by atoms with E-state index < -0.39 is 36.4 Å². The van der Waals surface area contributed by atoms with Gasteiger partial charge in [-0.05, 0) is 44.8 Å². The van der Waals surface area contributed by atoms with Crippen molar-refractivity contribution in [3.05, 3.63) is 0 Å². The summed E-state index contributed by atoms with van der Waals surface area (Å²) in [5.41, 5.74) is -0.780. The standard InChI is InChI=1S/C16H33NO6SSi/c1-12(2)16(6,7)25(8,9)21-11-13-10-17(24(19,20)23-13)14(18)22-15(3,4)5/h12-13H,10-11H2,1-9H3. The molecule has 0 bridgehead atoms. The number of rotatable bonds is 5. The molecule has 1 unspecified atom stereocenters. The van der Waals surface area contributed by atoms with Crippen LogP contribution in [0.15, 0.2) is 0 Å². The number of carbonyl (C=O) groups is 1. The minimum Gasteiger partial charge on any atom is -0.443 e. The Labute approximate surface area is 153 Å². The highest BCUT2D eigenvalue weighted by atomic mass is 32.2. The van der Waals surface area contributed by atoms with Gasteiger partial charge < -0.3 is 9.16 Å². The minimum absolute atomic E-state index is 0.00926. The Balaban J connectivity index is 2.77.